The molecule has 60 valence electrons. The Morgan fingerprint density at radius 3 is 3.08 bits per heavy atom. The van der Waals surface area contributed by atoms with Crippen LogP contribution in [-0.2, 0) is 4.79 Å². The fraction of sp³-hybridized carbons (Fsp3) is 0.111. The maximum atomic E-state index is 10.9. The number of fused-ring (bicyclic) bond motifs is 1. The molecule has 0 bridgehead atoms. The Labute approximate surface area is 74.7 Å². The number of hydrogen-bond donors (Lipinski definition) is 0. The van der Waals surface area contributed by atoms with E-state index in [0.717, 1.165) is 10.5 Å². The van der Waals surface area contributed by atoms with E-state index < -0.39 is 0 Å². The highest BCUT2D eigenvalue weighted by molar-refractivity contribution is 8.00. The fourth-order valence-corrected chi connectivity index (χ4v) is 1.85. The van der Waals surface area contributed by atoms with Crippen molar-refractivity contribution in [2.75, 3.05) is 5.75 Å². The summed E-state index contributed by atoms with van der Waals surface area (Å²) in [4.78, 5) is 15.8. The second-order valence-electron chi connectivity index (χ2n) is 2.48. The molecule has 1 aliphatic rings. The molecule has 0 atom stereocenters. The third-order valence-electron chi connectivity index (χ3n) is 1.62. The number of rotatable bonds is 0. The number of hydrogen-bond acceptors (Lipinski definition) is 2. The van der Waals surface area contributed by atoms with Crippen LogP contribution in [-0.4, -0.2) is 17.9 Å². The predicted octanol–water partition coefficient (Wildman–Crippen LogP) is 1.74. The lowest BCUT2D eigenvalue weighted by atomic mass is 10.2. The van der Waals surface area contributed by atoms with E-state index >= 15 is 0 Å². The first-order valence-electron chi connectivity index (χ1n) is 3.65. The highest BCUT2D eigenvalue weighted by Crippen LogP contribution is 2.23. The van der Waals surface area contributed by atoms with Gasteiger partial charge in [-0.25, -0.2) is 4.99 Å². The average molecular weight is 177 g/mol. The van der Waals surface area contributed by atoms with Gasteiger partial charge >= 0.3 is 0 Å². The van der Waals surface area contributed by atoms with Gasteiger partial charge in [-0.15, -0.1) is 11.8 Å². The minimum absolute atomic E-state index is 0.0591. The largest absolute Gasteiger partial charge is 0.272 e. The van der Waals surface area contributed by atoms with Crippen molar-refractivity contribution in [3.63, 3.8) is 0 Å². The summed E-state index contributed by atoms with van der Waals surface area (Å²) in [6, 6.07) is 7.88. The normalized spacial score (nSPS) is 15.5. The van der Waals surface area contributed by atoms with Crippen molar-refractivity contribution in [2.45, 2.75) is 4.90 Å². The number of benzene rings is 1. The highest BCUT2D eigenvalue weighted by Gasteiger charge is 2.07. The quantitative estimate of drug-likeness (QED) is 0.604. The lowest BCUT2D eigenvalue weighted by Crippen LogP contribution is -1.93. The first-order chi connectivity index (χ1) is 5.86. The second kappa shape index (κ2) is 3.11. The van der Waals surface area contributed by atoms with Crippen LogP contribution >= 0.6 is 11.8 Å². The summed E-state index contributed by atoms with van der Waals surface area (Å²) in [5, 5.41) is 0. The van der Waals surface area contributed by atoms with Crippen LogP contribution in [0.5, 0.6) is 0 Å². The van der Waals surface area contributed by atoms with E-state index in [1.807, 2.05) is 24.3 Å². The summed E-state index contributed by atoms with van der Waals surface area (Å²) in [7, 11) is 0. The monoisotopic (exact) mass is 177 g/mol. The molecule has 0 aromatic heterocycles. The molecule has 3 heteroatoms. The molecule has 1 aromatic rings. The summed E-state index contributed by atoms with van der Waals surface area (Å²) >= 11 is 1.54. The number of carbonyl (C=O) groups is 1. The predicted molar refractivity (Wildman–Crippen MR) is 49.8 cm³/mol. The molecule has 0 aliphatic carbocycles. The maximum Gasteiger partial charge on any atom is 0.256 e. The van der Waals surface area contributed by atoms with Crippen molar-refractivity contribution in [3.05, 3.63) is 29.8 Å². The minimum atomic E-state index is -0.0591. The molecule has 0 radical (unpaired) electrons. The van der Waals surface area contributed by atoms with Crippen LogP contribution in [0.4, 0.5) is 0 Å². The van der Waals surface area contributed by atoms with E-state index in [2.05, 4.69) is 4.99 Å². The number of carbonyl (C=O) groups excluding carboxylic acids is 1. The van der Waals surface area contributed by atoms with Crippen molar-refractivity contribution in [1.82, 2.24) is 0 Å². The van der Waals surface area contributed by atoms with Gasteiger partial charge in [-0.3, -0.25) is 4.79 Å². The van der Waals surface area contributed by atoms with Crippen LogP contribution in [0.1, 0.15) is 5.56 Å². The van der Waals surface area contributed by atoms with Crippen molar-refractivity contribution < 1.29 is 4.79 Å². The van der Waals surface area contributed by atoms with Gasteiger partial charge in [-0.2, -0.15) is 0 Å². The molecule has 0 unspecified atom stereocenters. The number of amides is 1. The molecule has 12 heavy (non-hydrogen) atoms. The standard InChI is InChI=1S/C9H7NOS/c11-9-6-12-8-4-2-1-3-7(8)5-10-9/h1-5H,6H2. The van der Waals surface area contributed by atoms with Crippen LogP contribution in [0.15, 0.2) is 34.2 Å². The molecule has 0 saturated carbocycles. The molecule has 2 nitrogen and oxygen atoms in total. The second-order valence-corrected chi connectivity index (χ2v) is 3.50. The van der Waals surface area contributed by atoms with Gasteiger partial charge in [0, 0.05) is 16.7 Å². The van der Waals surface area contributed by atoms with Crippen molar-refractivity contribution >= 4 is 23.9 Å². The molecule has 1 aromatic carbocycles. The molecule has 2 rings (SSSR count). The first-order valence-corrected chi connectivity index (χ1v) is 4.63. The SMILES string of the molecule is O=C1CSc2ccccc2C=N1. The lowest BCUT2D eigenvalue weighted by Gasteiger charge is -1.98. The summed E-state index contributed by atoms with van der Waals surface area (Å²) in [6.45, 7) is 0. The first kappa shape index (κ1) is 7.55. The van der Waals surface area contributed by atoms with Crippen LogP contribution in [0.25, 0.3) is 0 Å². The molecule has 0 spiro atoms. The van der Waals surface area contributed by atoms with E-state index in [0.29, 0.717) is 5.75 Å². The minimum Gasteiger partial charge on any atom is -0.272 e. The molecular formula is C9H7NOS. The summed E-state index contributed by atoms with van der Waals surface area (Å²) in [5.74, 6) is 0.393. The van der Waals surface area contributed by atoms with Gasteiger partial charge in [0.2, 0.25) is 0 Å². The van der Waals surface area contributed by atoms with Gasteiger partial charge in [0.05, 0.1) is 5.75 Å². The maximum absolute atomic E-state index is 10.9. The Hall–Kier alpha value is -1.09. The van der Waals surface area contributed by atoms with Gasteiger partial charge in [-0.05, 0) is 6.07 Å². The molecule has 1 aliphatic heterocycles. The Morgan fingerprint density at radius 2 is 2.17 bits per heavy atom. The van der Waals surface area contributed by atoms with Gasteiger partial charge in [0.25, 0.3) is 5.91 Å². The Balaban J connectivity index is 2.45. The topological polar surface area (TPSA) is 29.4 Å². The Morgan fingerprint density at radius 1 is 1.33 bits per heavy atom. The van der Waals surface area contributed by atoms with Gasteiger partial charge in [0.1, 0.15) is 0 Å². The van der Waals surface area contributed by atoms with E-state index in [-0.39, 0.29) is 5.91 Å². The number of nitrogens with zero attached hydrogens (tertiary/aromatic N) is 1. The van der Waals surface area contributed by atoms with Crippen molar-refractivity contribution in [1.29, 1.82) is 0 Å². The molecule has 0 N–H and O–H groups in total. The van der Waals surface area contributed by atoms with E-state index in [4.69, 9.17) is 0 Å². The van der Waals surface area contributed by atoms with Gasteiger partial charge in [0.15, 0.2) is 0 Å². The van der Waals surface area contributed by atoms with Crippen molar-refractivity contribution in [2.24, 2.45) is 4.99 Å². The van der Waals surface area contributed by atoms with Crippen LogP contribution in [0.2, 0.25) is 0 Å². The van der Waals surface area contributed by atoms with Gasteiger partial charge in [-0.1, -0.05) is 18.2 Å². The number of aliphatic imine (C=N–C) groups is 1. The zero-order valence-electron chi connectivity index (χ0n) is 6.36. The van der Waals surface area contributed by atoms with Crippen LogP contribution in [0, 0.1) is 0 Å². The highest BCUT2D eigenvalue weighted by atomic mass is 32.2. The number of thioether (sulfide) groups is 1. The third-order valence-corrected chi connectivity index (χ3v) is 2.69. The zero-order chi connectivity index (χ0) is 8.39. The van der Waals surface area contributed by atoms with E-state index in [1.165, 1.54) is 0 Å². The molecule has 1 heterocycles. The van der Waals surface area contributed by atoms with E-state index in [9.17, 15) is 4.79 Å². The third kappa shape index (κ3) is 1.41. The van der Waals surface area contributed by atoms with Crippen LogP contribution < -0.4 is 0 Å². The Kier molecular flexibility index (Phi) is 1.96. The summed E-state index contributed by atoms with van der Waals surface area (Å²) in [6.07, 6.45) is 1.64. The molecule has 1 amide bonds. The van der Waals surface area contributed by atoms with Crippen molar-refractivity contribution in [3.8, 4) is 0 Å². The Bertz CT molecular complexity index is 346. The van der Waals surface area contributed by atoms with Gasteiger partial charge < -0.3 is 0 Å². The van der Waals surface area contributed by atoms with E-state index in [1.54, 1.807) is 18.0 Å². The lowest BCUT2D eigenvalue weighted by molar-refractivity contribution is -0.115. The zero-order valence-corrected chi connectivity index (χ0v) is 7.17. The van der Waals surface area contributed by atoms with Crippen LogP contribution in [0.3, 0.4) is 0 Å². The molecular weight excluding hydrogens is 170 g/mol. The molecule has 0 fully saturated rings. The smallest absolute Gasteiger partial charge is 0.256 e. The summed E-state index contributed by atoms with van der Waals surface area (Å²) < 4.78 is 0. The fourth-order valence-electron chi connectivity index (χ4n) is 1.04. The molecule has 0 saturated heterocycles. The average Bonchev–Trinajstić information content (AvgIpc) is 2.29. The summed E-state index contributed by atoms with van der Waals surface area (Å²) in [5.41, 5.74) is 1.04.